The number of nitrogens with zero attached hydrogens (tertiary/aromatic N) is 1. The van der Waals surface area contributed by atoms with Crippen molar-refractivity contribution in [1.82, 2.24) is 4.90 Å². The molecule has 4 heteroatoms. The summed E-state index contributed by atoms with van der Waals surface area (Å²) in [5, 5.41) is 11.1. The Balaban J connectivity index is 2.11. The Morgan fingerprint density at radius 1 is 1.19 bits per heavy atom. The highest BCUT2D eigenvalue weighted by Gasteiger charge is 2.31. The van der Waals surface area contributed by atoms with E-state index in [2.05, 4.69) is 11.8 Å². The van der Waals surface area contributed by atoms with Crippen LogP contribution >= 0.6 is 0 Å². The van der Waals surface area contributed by atoms with Crippen molar-refractivity contribution in [3.8, 4) is 5.75 Å². The zero-order valence-corrected chi connectivity index (χ0v) is 13.2. The number of aliphatic hydroxyl groups is 1. The van der Waals surface area contributed by atoms with Crippen molar-refractivity contribution < 1.29 is 14.6 Å². The van der Waals surface area contributed by atoms with E-state index in [9.17, 15) is 5.11 Å². The molecule has 1 aliphatic rings. The molecule has 1 N–H and O–H groups in total. The second-order valence-corrected chi connectivity index (χ2v) is 5.63. The Morgan fingerprint density at radius 3 is 2.43 bits per heavy atom. The molecule has 1 heterocycles. The number of hydrogen-bond donors (Lipinski definition) is 1. The van der Waals surface area contributed by atoms with Crippen molar-refractivity contribution in [2.24, 2.45) is 0 Å². The molecule has 0 amide bonds. The van der Waals surface area contributed by atoms with E-state index >= 15 is 0 Å². The van der Waals surface area contributed by atoms with Gasteiger partial charge in [0.05, 0.1) is 19.8 Å². The van der Waals surface area contributed by atoms with Crippen LogP contribution in [0.2, 0.25) is 0 Å². The molecule has 1 fully saturated rings. The van der Waals surface area contributed by atoms with Crippen molar-refractivity contribution in [1.29, 1.82) is 0 Å². The van der Waals surface area contributed by atoms with Gasteiger partial charge >= 0.3 is 0 Å². The van der Waals surface area contributed by atoms with Crippen LogP contribution in [0.1, 0.15) is 32.3 Å². The lowest BCUT2D eigenvalue weighted by molar-refractivity contribution is -0.0405. The van der Waals surface area contributed by atoms with Gasteiger partial charge in [0.2, 0.25) is 0 Å². The number of rotatable bonds is 7. The summed E-state index contributed by atoms with van der Waals surface area (Å²) >= 11 is 0. The number of ether oxygens (including phenoxy) is 2. The number of morpholine rings is 1. The largest absolute Gasteiger partial charge is 0.494 e. The van der Waals surface area contributed by atoms with Crippen molar-refractivity contribution >= 4 is 0 Å². The zero-order chi connectivity index (χ0) is 15.1. The van der Waals surface area contributed by atoms with E-state index in [0.29, 0.717) is 13.2 Å². The molecular weight excluding hydrogens is 266 g/mol. The van der Waals surface area contributed by atoms with Gasteiger partial charge in [-0.25, -0.2) is 0 Å². The summed E-state index contributed by atoms with van der Waals surface area (Å²) in [5.74, 6) is 0.853. The van der Waals surface area contributed by atoms with E-state index in [-0.39, 0.29) is 0 Å². The fourth-order valence-electron chi connectivity index (χ4n) is 2.89. The average molecular weight is 293 g/mol. The minimum Gasteiger partial charge on any atom is -0.494 e. The third-order valence-corrected chi connectivity index (χ3v) is 3.96. The predicted octanol–water partition coefficient (Wildman–Crippen LogP) is 2.41. The number of benzene rings is 1. The average Bonchev–Trinajstić information content (AvgIpc) is 2.49. The third kappa shape index (κ3) is 4.43. The maximum atomic E-state index is 11.1. The first kappa shape index (κ1) is 16.3. The third-order valence-electron chi connectivity index (χ3n) is 3.96. The number of β-amino-alcohol motifs (C(OH)–C–C–N with tert-alkyl or cyclic N) is 1. The lowest BCUT2D eigenvalue weighted by Crippen LogP contribution is -2.46. The summed E-state index contributed by atoms with van der Waals surface area (Å²) < 4.78 is 10.9. The van der Waals surface area contributed by atoms with Crippen LogP contribution in [0.5, 0.6) is 5.75 Å². The Bertz CT molecular complexity index is 415. The topological polar surface area (TPSA) is 41.9 Å². The van der Waals surface area contributed by atoms with Crippen molar-refractivity contribution in [3.63, 3.8) is 0 Å². The van der Waals surface area contributed by atoms with Gasteiger partial charge in [-0.2, -0.15) is 0 Å². The predicted molar refractivity (Wildman–Crippen MR) is 83.7 cm³/mol. The minimum atomic E-state index is -0.795. The van der Waals surface area contributed by atoms with Crippen molar-refractivity contribution in [2.75, 3.05) is 39.5 Å². The van der Waals surface area contributed by atoms with Crippen molar-refractivity contribution in [3.05, 3.63) is 29.8 Å². The molecule has 2 rings (SSSR count). The van der Waals surface area contributed by atoms with Crippen molar-refractivity contribution in [2.45, 2.75) is 32.3 Å². The summed E-state index contributed by atoms with van der Waals surface area (Å²) in [4.78, 5) is 2.29. The van der Waals surface area contributed by atoms with Gasteiger partial charge in [-0.05, 0) is 31.0 Å². The first-order valence-corrected chi connectivity index (χ1v) is 7.94. The van der Waals surface area contributed by atoms with Gasteiger partial charge in [-0.1, -0.05) is 25.5 Å². The van der Waals surface area contributed by atoms with Gasteiger partial charge in [0.1, 0.15) is 11.4 Å². The Hall–Kier alpha value is -1.10. The van der Waals surface area contributed by atoms with Gasteiger partial charge in [0.25, 0.3) is 0 Å². The van der Waals surface area contributed by atoms with Crippen LogP contribution in [0, 0.1) is 0 Å². The van der Waals surface area contributed by atoms with Crippen LogP contribution < -0.4 is 4.74 Å². The quantitative estimate of drug-likeness (QED) is 0.838. The molecule has 0 aliphatic carbocycles. The molecule has 1 aromatic rings. The fraction of sp³-hybridized carbons (Fsp3) is 0.647. The molecule has 0 bridgehead atoms. The number of hydrogen-bond acceptors (Lipinski definition) is 4. The highest BCUT2D eigenvalue weighted by Crippen LogP contribution is 2.29. The minimum absolute atomic E-state index is 0.659. The molecule has 1 saturated heterocycles. The molecule has 118 valence electrons. The van der Waals surface area contributed by atoms with Crippen LogP contribution in [0.25, 0.3) is 0 Å². The molecule has 1 aliphatic heterocycles. The summed E-state index contributed by atoms with van der Waals surface area (Å²) in [6.07, 6.45) is 1.71. The molecular formula is C17H27NO3. The van der Waals surface area contributed by atoms with E-state index in [0.717, 1.165) is 50.5 Å². The normalized spacial score (nSPS) is 19.2. The van der Waals surface area contributed by atoms with Gasteiger partial charge in [0.15, 0.2) is 0 Å². The zero-order valence-electron chi connectivity index (χ0n) is 13.2. The van der Waals surface area contributed by atoms with Crippen LogP contribution in [-0.2, 0) is 10.3 Å². The molecule has 0 aromatic heterocycles. The monoisotopic (exact) mass is 293 g/mol. The molecule has 0 saturated carbocycles. The molecule has 1 aromatic carbocycles. The Kier molecular flexibility index (Phi) is 6.03. The van der Waals surface area contributed by atoms with Crippen LogP contribution in [0.15, 0.2) is 24.3 Å². The Labute approximate surface area is 127 Å². The molecule has 21 heavy (non-hydrogen) atoms. The van der Waals surface area contributed by atoms with E-state index in [4.69, 9.17) is 9.47 Å². The highest BCUT2D eigenvalue weighted by atomic mass is 16.5. The summed E-state index contributed by atoms with van der Waals surface area (Å²) in [6, 6.07) is 7.86. The molecule has 1 atom stereocenters. The van der Waals surface area contributed by atoms with Gasteiger partial charge < -0.3 is 14.6 Å². The van der Waals surface area contributed by atoms with Gasteiger partial charge in [-0.3, -0.25) is 4.90 Å². The summed E-state index contributed by atoms with van der Waals surface area (Å²) in [7, 11) is 0. The Morgan fingerprint density at radius 2 is 1.86 bits per heavy atom. The summed E-state index contributed by atoms with van der Waals surface area (Å²) in [6.45, 7) is 8.70. The smallest absolute Gasteiger partial charge is 0.119 e. The second-order valence-electron chi connectivity index (χ2n) is 5.63. The molecule has 0 radical (unpaired) electrons. The molecule has 0 spiro atoms. The van der Waals surface area contributed by atoms with Gasteiger partial charge in [-0.15, -0.1) is 0 Å². The molecule has 4 nitrogen and oxygen atoms in total. The van der Waals surface area contributed by atoms with Gasteiger partial charge in [0, 0.05) is 19.6 Å². The van der Waals surface area contributed by atoms with Crippen LogP contribution in [-0.4, -0.2) is 49.5 Å². The van der Waals surface area contributed by atoms with E-state index in [1.54, 1.807) is 0 Å². The van der Waals surface area contributed by atoms with E-state index in [1.165, 1.54) is 0 Å². The van der Waals surface area contributed by atoms with E-state index in [1.807, 2.05) is 31.2 Å². The SMILES string of the molecule is CCC[C@@](O)(CN1CCOCC1)c1ccc(OCC)cc1. The maximum absolute atomic E-state index is 11.1. The second kappa shape index (κ2) is 7.78. The van der Waals surface area contributed by atoms with Crippen LogP contribution in [0.3, 0.4) is 0 Å². The maximum Gasteiger partial charge on any atom is 0.119 e. The first-order chi connectivity index (χ1) is 10.2. The molecule has 0 unspecified atom stereocenters. The van der Waals surface area contributed by atoms with Crippen LogP contribution in [0.4, 0.5) is 0 Å². The lowest BCUT2D eigenvalue weighted by atomic mass is 9.88. The summed E-state index contributed by atoms with van der Waals surface area (Å²) in [5.41, 5.74) is 0.177. The first-order valence-electron chi connectivity index (χ1n) is 7.94. The standard InChI is InChI=1S/C17H27NO3/c1-3-9-17(19,14-18-10-12-20-13-11-18)15-5-7-16(8-6-15)21-4-2/h5-8,19H,3-4,9-14H2,1-2H3/t17-/m1/s1. The highest BCUT2D eigenvalue weighted by molar-refractivity contribution is 5.31. The van der Waals surface area contributed by atoms with E-state index < -0.39 is 5.60 Å². The fourth-order valence-corrected chi connectivity index (χ4v) is 2.89. The lowest BCUT2D eigenvalue weighted by Gasteiger charge is -2.36.